The van der Waals surface area contributed by atoms with Gasteiger partial charge in [-0.05, 0) is 37.6 Å². The predicted molar refractivity (Wildman–Crippen MR) is 76.2 cm³/mol. The second-order valence-electron chi connectivity index (χ2n) is 4.98. The van der Waals surface area contributed by atoms with Gasteiger partial charge in [0, 0.05) is 6.42 Å². The average molecular weight is 285 g/mol. The number of aryl methyl sites for hydroxylation is 1. The van der Waals surface area contributed by atoms with Gasteiger partial charge < -0.3 is 9.52 Å². The highest BCUT2D eigenvalue weighted by molar-refractivity contribution is 6.00. The number of carboxylic acid groups (broad SMARTS) is 1. The van der Waals surface area contributed by atoms with Gasteiger partial charge in [-0.25, -0.2) is 9.48 Å². The van der Waals surface area contributed by atoms with Gasteiger partial charge in [0.25, 0.3) is 0 Å². The predicted octanol–water partition coefficient (Wildman–Crippen LogP) is 2.92. The Labute approximate surface area is 121 Å². The number of benzene rings is 1. The minimum atomic E-state index is -0.990. The summed E-state index contributed by atoms with van der Waals surface area (Å²) in [7, 11) is 0. The fraction of sp³-hybridized carbons (Fsp3) is 0.267. The zero-order valence-corrected chi connectivity index (χ0v) is 11.6. The molecule has 2 heterocycles. The number of hydrogen-bond donors (Lipinski definition) is 1. The molecule has 6 nitrogen and oxygen atoms in total. The number of aromatic nitrogens is 3. The molecule has 21 heavy (non-hydrogen) atoms. The molecule has 0 aliphatic rings. The maximum atomic E-state index is 11.2. The molecule has 1 aromatic carbocycles. The van der Waals surface area contributed by atoms with Crippen LogP contribution in [-0.2, 0) is 6.42 Å². The molecule has 2 aromatic heterocycles. The second kappa shape index (κ2) is 5.40. The van der Waals surface area contributed by atoms with Gasteiger partial charge >= 0.3 is 5.97 Å². The molecule has 0 spiro atoms. The molecule has 0 radical (unpaired) electrons. The molecule has 0 bridgehead atoms. The lowest BCUT2D eigenvalue weighted by atomic mass is 10.1. The van der Waals surface area contributed by atoms with Crippen LogP contribution < -0.4 is 0 Å². The van der Waals surface area contributed by atoms with Gasteiger partial charge in [-0.3, -0.25) is 0 Å². The third kappa shape index (κ3) is 2.52. The summed E-state index contributed by atoms with van der Waals surface area (Å²) in [6.07, 6.45) is 3.29. The lowest BCUT2D eigenvalue weighted by molar-refractivity contribution is 0.0699. The fourth-order valence-electron chi connectivity index (χ4n) is 2.39. The topological polar surface area (TPSA) is 81.2 Å². The maximum absolute atomic E-state index is 11.2. The molecule has 1 N–H and O–H groups in total. The van der Waals surface area contributed by atoms with Gasteiger partial charge in [0.15, 0.2) is 0 Å². The molecular weight excluding hydrogens is 270 g/mol. The highest BCUT2D eigenvalue weighted by Gasteiger charge is 2.16. The molecule has 1 atom stereocenters. The number of furan rings is 1. The molecule has 0 amide bonds. The molecule has 0 fully saturated rings. The van der Waals surface area contributed by atoms with Crippen molar-refractivity contribution in [1.29, 1.82) is 0 Å². The van der Waals surface area contributed by atoms with Crippen LogP contribution in [0.4, 0.5) is 0 Å². The van der Waals surface area contributed by atoms with E-state index in [1.807, 2.05) is 25.1 Å². The van der Waals surface area contributed by atoms with Gasteiger partial charge in [0.1, 0.15) is 11.3 Å². The Morgan fingerprint density at radius 2 is 2.24 bits per heavy atom. The van der Waals surface area contributed by atoms with E-state index in [1.54, 1.807) is 17.0 Å². The second-order valence-corrected chi connectivity index (χ2v) is 4.98. The first-order chi connectivity index (χ1) is 10.2. The largest absolute Gasteiger partial charge is 0.478 e. The highest BCUT2D eigenvalue weighted by atomic mass is 16.4. The maximum Gasteiger partial charge on any atom is 0.338 e. The zero-order valence-electron chi connectivity index (χ0n) is 11.6. The van der Waals surface area contributed by atoms with E-state index >= 15 is 0 Å². The first-order valence-electron chi connectivity index (χ1n) is 6.76. The van der Waals surface area contributed by atoms with E-state index < -0.39 is 5.97 Å². The van der Waals surface area contributed by atoms with Crippen molar-refractivity contribution >= 4 is 17.0 Å². The number of carboxylic acids is 1. The van der Waals surface area contributed by atoms with Crippen molar-refractivity contribution in [3.63, 3.8) is 0 Å². The van der Waals surface area contributed by atoms with E-state index in [4.69, 9.17) is 9.52 Å². The number of nitrogens with zero attached hydrogens (tertiary/aromatic N) is 3. The lowest BCUT2D eigenvalue weighted by Gasteiger charge is -2.11. The lowest BCUT2D eigenvalue weighted by Crippen LogP contribution is -2.08. The monoisotopic (exact) mass is 285 g/mol. The Kier molecular flexibility index (Phi) is 3.43. The Bertz CT molecular complexity index is 762. The van der Waals surface area contributed by atoms with Crippen molar-refractivity contribution in [3.8, 4) is 0 Å². The minimum Gasteiger partial charge on any atom is -0.478 e. The number of aromatic carboxylic acids is 1. The van der Waals surface area contributed by atoms with Crippen LogP contribution in [0.15, 0.2) is 41.0 Å². The minimum absolute atomic E-state index is 0.101. The van der Waals surface area contributed by atoms with E-state index in [0.29, 0.717) is 5.52 Å². The van der Waals surface area contributed by atoms with Crippen molar-refractivity contribution in [2.24, 2.45) is 0 Å². The normalized spacial score (nSPS) is 12.6. The van der Waals surface area contributed by atoms with Crippen LogP contribution in [-0.4, -0.2) is 26.1 Å². The zero-order chi connectivity index (χ0) is 14.8. The molecular formula is C15H15N3O3. The summed E-state index contributed by atoms with van der Waals surface area (Å²) in [4.78, 5) is 11.2. The molecule has 6 heteroatoms. The van der Waals surface area contributed by atoms with Crippen molar-refractivity contribution in [3.05, 3.63) is 47.9 Å². The Balaban J connectivity index is 1.86. The third-order valence-corrected chi connectivity index (χ3v) is 3.54. The van der Waals surface area contributed by atoms with Crippen LogP contribution in [0.25, 0.3) is 11.0 Å². The Morgan fingerprint density at radius 1 is 1.38 bits per heavy atom. The van der Waals surface area contributed by atoms with Crippen LogP contribution in [0.1, 0.15) is 35.5 Å². The summed E-state index contributed by atoms with van der Waals surface area (Å²) in [5.41, 5.74) is 1.34. The van der Waals surface area contributed by atoms with Crippen LogP contribution in [0.5, 0.6) is 0 Å². The van der Waals surface area contributed by atoms with Crippen LogP contribution >= 0.6 is 0 Å². The molecule has 0 aliphatic carbocycles. The molecule has 1 unspecified atom stereocenters. The number of carbonyl (C=O) groups is 1. The summed E-state index contributed by atoms with van der Waals surface area (Å²) in [6, 6.07) is 9.00. The summed E-state index contributed by atoms with van der Waals surface area (Å²) < 4.78 is 7.08. The Morgan fingerprint density at radius 3 is 2.95 bits per heavy atom. The van der Waals surface area contributed by atoms with Crippen LogP contribution in [0.3, 0.4) is 0 Å². The number of fused-ring (bicyclic) bond motifs is 1. The smallest absolute Gasteiger partial charge is 0.338 e. The molecule has 3 aromatic rings. The first-order valence-corrected chi connectivity index (χ1v) is 6.76. The van der Waals surface area contributed by atoms with E-state index in [1.165, 1.54) is 6.07 Å². The van der Waals surface area contributed by atoms with E-state index in [2.05, 4.69) is 10.3 Å². The molecule has 0 aliphatic heterocycles. The van der Waals surface area contributed by atoms with E-state index in [9.17, 15) is 4.79 Å². The van der Waals surface area contributed by atoms with Gasteiger partial charge in [0.05, 0.1) is 23.4 Å². The molecule has 0 saturated heterocycles. The third-order valence-electron chi connectivity index (χ3n) is 3.54. The van der Waals surface area contributed by atoms with Crippen LogP contribution in [0.2, 0.25) is 0 Å². The molecule has 0 saturated carbocycles. The van der Waals surface area contributed by atoms with Crippen molar-refractivity contribution in [1.82, 2.24) is 15.0 Å². The Hall–Kier alpha value is -2.63. The van der Waals surface area contributed by atoms with Gasteiger partial charge in [-0.1, -0.05) is 11.3 Å². The molecule has 108 valence electrons. The van der Waals surface area contributed by atoms with Crippen molar-refractivity contribution < 1.29 is 14.3 Å². The van der Waals surface area contributed by atoms with Crippen molar-refractivity contribution in [2.45, 2.75) is 25.8 Å². The summed E-state index contributed by atoms with van der Waals surface area (Å²) in [6.45, 7) is 2.03. The summed E-state index contributed by atoms with van der Waals surface area (Å²) >= 11 is 0. The van der Waals surface area contributed by atoms with Gasteiger partial charge in [-0.15, -0.1) is 5.10 Å². The standard InChI is InChI=1S/C15H15N3O3/c1-10(7-8-11-4-3-9-21-11)18-13-6-2-5-12(15(19)20)14(13)16-17-18/h2-6,9-10H,7-8H2,1H3,(H,19,20). The highest BCUT2D eigenvalue weighted by Crippen LogP contribution is 2.22. The van der Waals surface area contributed by atoms with E-state index in [-0.39, 0.29) is 11.6 Å². The number of hydrogen-bond acceptors (Lipinski definition) is 4. The SMILES string of the molecule is CC(CCc1ccco1)n1nnc2c(C(=O)O)cccc21. The van der Waals surface area contributed by atoms with Gasteiger partial charge in [-0.2, -0.15) is 0 Å². The van der Waals surface area contributed by atoms with Gasteiger partial charge in [0.2, 0.25) is 0 Å². The summed E-state index contributed by atoms with van der Waals surface area (Å²) in [5.74, 6) is -0.0617. The first kappa shape index (κ1) is 13.4. The van der Waals surface area contributed by atoms with Crippen LogP contribution in [0, 0.1) is 0 Å². The summed E-state index contributed by atoms with van der Waals surface area (Å²) in [5, 5.41) is 17.3. The molecule has 3 rings (SSSR count). The quantitative estimate of drug-likeness (QED) is 0.779. The average Bonchev–Trinajstić information content (AvgIpc) is 3.13. The van der Waals surface area contributed by atoms with Crippen molar-refractivity contribution in [2.75, 3.05) is 0 Å². The number of rotatable bonds is 5. The van der Waals surface area contributed by atoms with E-state index in [0.717, 1.165) is 24.1 Å². The fourth-order valence-corrected chi connectivity index (χ4v) is 2.39.